The van der Waals surface area contributed by atoms with E-state index < -0.39 is 11.8 Å². The molecule has 7 N–H and O–H groups in total. The molecule has 0 saturated carbocycles. The molecule has 138 valence electrons. The third-order valence-electron chi connectivity index (χ3n) is 3.73. The first-order valence-electron chi connectivity index (χ1n) is 7.64. The van der Waals surface area contributed by atoms with Crippen LogP contribution in [0, 0.1) is 0 Å². The van der Waals surface area contributed by atoms with Crippen LogP contribution in [0.25, 0.3) is 11.1 Å². The molecule has 3 aromatic rings. The molecule has 9 heteroatoms. The summed E-state index contributed by atoms with van der Waals surface area (Å²) >= 11 is 0. The van der Waals surface area contributed by atoms with Crippen molar-refractivity contribution in [3.8, 4) is 11.1 Å². The maximum Gasteiger partial charge on any atom is 0.249 e. The first-order valence-corrected chi connectivity index (χ1v) is 7.64. The molecule has 3 rings (SSSR count). The molecule has 0 fully saturated rings. The highest BCUT2D eigenvalue weighted by Gasteiger charge is 2.13. The topological polar surface area (TPSA) is 150 Å². The number of nitrogens with one attached hydrogen (secondary N) is 1. The van der Waals surface area contributed by atoms with Crippen LogP contribution in [-0.4, -0.2) is 21.8 Å². The van der Waals surface area contributed by atoms with E-state index in [9.17, 15) is 9.59 Å². The fourth-order valence-electron chi connectivity index (χ4n) is 2.44. The Kier molecular flexibility index (Phi) is 5.94. The van der Waals surface area contributed by atoms with E-state index in [1.54, 1.807) is 48.5 Å². The van der Waals surface area contributed by atoms with Crippen LogP contribution in [0.3, 0.4) is 0 Å². The average molecular weight is 385 g/mol. The van der Waals surface area contributed by atoms with Gasteiger partial charge in [-0.2, -0.15) is 4.98 Å². The number of carbonyl (C=O) groups is 2. The molecule has 1 heterocycles. The van der Waals surface area contributed by atoms with Crippen molar-refractivity contribution in [3.05, 3.63) is 65.9 Å². The van der Waals surface area contributed by atoms with Crippen molar-refractivity contribution >= 4 is 41.7 Å². The Morgan fingerprint density at radius 3 is 2.15 bits per heavy atom. The fourth-order valence-corrected chi connectivity index (χ4v) is 2.44. The van der Waals surface area contributed by atoms with E-state index in [0.717, 1.165) is 0 Å². The van der Waals surface area contributed by atoms with E-state index in [-0.39, 0.29) is 24.2 Å². The van der Waals surface area contributed by atoms with Gasteiger partial charge < -0.3 is 22.5 Å². The van der Waals surface area contributed by atoms with Gasteiger partial charge in [-0.1, -0.05) is 18.2 Å². The van der Waals surface area contributed by atoms with Crippen LogP contribution in [0.5, 0.6) is 0 Å². The summed E-state index contributed by atoms with van der Waals surface area (Å²) in [7, 11) is 0. The Balaban J connectivity index is 0.00000261. The van der Waals surface area contributed by atoms with Gasteiger partial charge in [0.25, 0.3) is 0 Å². The molecule has 0 saturated heterocycles. The summed E-state index contributed by atoms with van der Waals surface area (Å²) in [6.45, 7) is 0. The lowest BCUT2D eigenvalue weighted by atomic mass is 10.0. The molecule has 8 nitrogen and oxygen atoms in total. The number of aromatic nitrogens is 2. The molecule has 2 amide bonds. The largest absolute Gasteiger partial charge is 0.383 e. The minimum atomic E-state index is -0.559. The molecule has 0 aliphatic rings. The number of halogens is 1. The monoisotopic (exact) mass is 384 g/mol. The van der Waals surface area contributed by atoms with E-state index in [1.807, 2.05) is 0 Å². The first-order chi connectivity index (χ1) is 12.5. The summed E-state index contributed by atoms with van der Waals surface area (Å²) in [5.74, 6) is -0.592. The normalized spacial score (nSPS) is 9.93. The number of benzene rings is 2. The van der Waals surface area contributed by atoms with Crippen molar-refractivity contribution in [2.24, 2.45) is 11.5 Å². The maximum absolute atomic E-state index is 11.6. The Morgan fingerprint density at radius 1 is 0.889 bits per heavy atom. The Bertz CT molecular complexity index is 991. The van der Waals surface area contributed by atoms with Crippen molar-refractivity contribution in [2.45, 2.75) is 0 Å². The Labute approximate surface area is 161 Å². The summed E-state index contributed by atoms with van der Waals surface area (Å²) < 4.78 is 0. The molecule has 0 bridgehead atoms. The maximum atomic E-state index is 11.6. The predicted octanol–water partition coefficient (Wildman–Crippen LogP) is 2.09. The van der Waals surface area contributed by atoms with Gasteiger partial charge in [0.2, 0.25) is 17.8 Å². The lowest BCUT2D eigenvalue weighted by Gasteiger charge is -2.11. The van der Waals surface area contributed by atoms with Crippen LogP contribution in [0.1, 0.15) is 20.7 Å². The fraction of sp³-hybridized carbons (Fsp3) is 0. The molecule has 0 unspecified atom stereocenters. The van der Waals surface area contributed by atoms with E-state index in [0.29, 0.717) is 27.9 Å². The number of hydrogen-bond acceptors (Lipinski definition) is 6. The van der Waals surface area contributed by atoms with E-state index >= 15 is 0 Å². The van der Waals surface area contributed by atoms with E-state index in [1.165, 1.54) is 6.20 Å². The number of rotatable bonds is 5. The van der Waals surface area contributed by atoms with E-state index in [2.05, 4.69) is 15.3 Å². The van der Waals surface area contributed by atoms with Crippen LogP contribution >= 0.6 is 12.4 Å². The molecule has 27 heavy (non-hydrogen) atoms. The molecule has 1 aromatic heterocycles. The van der Waals surface area contributed by atoms with Gasteiger partial charge in [0.1, 0.15) is 5.82 Å². The minimum Gasteiger partial charge on any atom is -0.383 e. The smallest absolute Gasteiger partial charge is 0.249 e. The zero-order valence-electron chi connectivity index (χ0n) is 14.0. The number of hydrogen-bond donors (Lipinski definition) is 4. The second-order valence-corrected chi connectivity index (χ2v) is 5.47. The van der Waals surface area contributed by atoms with Gasteiger partial charge in [-0.3, -0.25) is 9.59 Å². The second kappa shape index (κ2) is 8.15. The van der Waals surface area contributed by atoms with Crippen molar-refractivity contribution in [3.63, 3.8) is 0 Å². The summed E-state index contributed by atoms with van der Waals surface area (Å²) in [6.07, 6.45) is 1.52. The molecule has 0 atom stereocenters. The average Bonchev–Trinajstić information content (AvgIpc) is 2.62. The van der Waals surface area contributed by atoms with Crippen molar-refractivity contribution in [1.29, 1.82) is 0 Å². The van der Waals surface area contributed by atoms with Gasteiger partial charge in [-0.15, -0.1) is 12.4 Å². The van der Waals surface area contributed by atoms with E-state index in [4.69, 9.17) is 17.2 Å². The van der Waals surface area contributed by atoms with Gasteiger partial charge >= 0.3 is 0 Å². The standard InChI is InChI=1S/C18H16N6O2.ClH/c19-15-14(12-3-1-2-4-13(12)17(21)26)9-22-18(24-15)23-11-7-5-10(6-8-11)16(20)25;/h1-9H,(H2,20,25)(H2,21,26)(H3,19,22,23,24);1H. The Morgan fingerprint density at radius 2 is 1.56 bits per heavy atom. The van der Waals surface area contributed by atoms with Crippen LogP contribution in [0.15, 0.2) is 54.7 Å². The predicted molar refractivity (Wildman–Crippen MR) is 106 cm³/mol. The molecular weight excluding hydrogens is 368 g/mol. The van der Waals surface area contributed by atoms with Gasteiger partial charge in [-0.05, 0) is 35.9 Å². The number of primary amides is 2. The SMILES string of the molecule is Cl.NC(=O)c1ccc(Nc2ncc(-c3ccccc3C(N)=O)c(N)n2)cc1. The molecule has 0 spiro atoms. The van der Waals surface area contributed by atoms with Crippen LogP contribution < -0.4 is 22.5 Å². The van der Waals surface area contributed by atoms with Gasteiger partial charge in [-0.25, -0.2) is 4.98 Å². The number of carbonyl (C=O) groups excluding carboxylic acids is 2. The highest BCUT2D eigenvalue weighted by molar-refractivity contribution is 6.01. The van der Waals surface area contributed by atoms with Gasteiger partial charge in [0.15, 0.2) is 0 Å². The highest BCUT2D eigenvalue weighted by Crippen LogP contribution is 2.28. The number of nitrogen functional groups attached to an aromatic ring is 1. The van der Waals surface area contributed by atoms with Crippen LogP contribution in [0.4, 0.5) is 17.5 Å². The summed E-state index contributed by atoms with van der Waals surface area (Å²) in [4.78, 5) is 31.1. The number of nitrogens with two attached hydrogens (primary N) is 3. The zero-order valence-corrected chi connectivity index (χ0v) is 14.9. The van der Waals surface area contributed by atoms with Crippen molar-refractivity contribution < 1.29 is 9.59 Å². The lowest BCUT2D eigenvalue weighted by Crippen LogP contribution is -2.13. The van der Waals surface area contributed by atoms with Gasteiger partial charge in [0.05, 0.1) is 0 Å². The lowest BCUT2D eigenvalue weighted by molar-refractivity contribution is 0.0992. The summed E-state index contributed by atoms with van der Waals surface area (Å²) in [5, 5.41) is 2.98. The number of amides is 2. The van der Waals surface area contributed by atoms with Crippen LogP contribution in [-0.2, 0) is 0 Å². The molecule has 0 radical (unpaired) electrons. The third kappa shape index (κ3) is 4.31. The molecular formula is C18H17ClN6O2. The number of nitrogens with zero attached hydrogens (tertiary/aromatic N) is 2. The van der Waals surface area contributed by atoms with Crippen molar-refractivity contribution in [2.75, 3.05) is 11.1 Å². The molecule has 0 aliphatic carbocycles. The van der Waals surface area contributed by atoms with Crippen molar-refractivity contribution in [1.82, 2.24) is 9.97 Å². The van der Waals surface area contributed by atoms with Crippen LogP contribution in [0.2, 0.25) is 0 Å². The summed E-state index contributed by atoms with van der Waals surface area (Å²) in [6, 6.07) is 13.4. The minimum absolute atomic E-state index is 0. The summed E-state index contributed by atoms with van der Waals surface area (Å²) in [5.41, 5.74) is 19.1. The molecule has 2 aromatic carbocycles. The number of anilines is 3. The highest BCUT2D eigenvalue weighted by atomic mass is 35.5. The first kappa shape index (κ1) is 19.7. The Hall–Kier alpha value is -3.65. The third-order valence-corrected chi connectivity index (χ3v) is 3.73. The quantitative estimate of drug-likeness (QED) is 0.528. The zero-order chi connectivity index (χ0) is 18.7. The molecule has 0 aliphatic heterocycles. The van der Waals surface area contributed by atoms with Gasteiger partial charge in [0, 0.05) is 28.6 Å². The second-order valence-electron chi connectivity index (χ2n) is 5.47.